The van der Waals surface area contributed by atoms with E-state index in [9.17, 15) is 18.0 Å². The fourth-order valence-electron chi connectivity index (χ4n) is 3.72. The van der Waals surface area contributed by atoms with E-state index in [1.165, 1.54) is 0 Å². The summed E-state index contributed by atoms with van der Waals surface area (Å²) in [6, 6.07) is 7.10. The maximum Gasteiger partial charge on any atom is 0.254 e. The molecule has 2 saturated heterocycles. The number of rotatable bonds is 6. The first-order valence-corrected chi connectivity index (χ1v) is 11.1. The van der Waals surface area contributed by atoms with Crippen molar-refractivity contribution in [2.45, 2.75) is 45.2 Å². The molecule has 26 heavy (non-hydrogen) atoms. The number of amides is 2. The number of carbonyl (C=O) groups excluding carboxylic acids is 2. The lowest BCUT2D eigenvalue weighted by atomic mass is 10.1. The van der Waals surface area contributed by atoms with Gasteiger partial charge in [-0.3, -0.25) is 9.59 Å². The summed E-state index contributed by atoms with van der Waals surface area (Å²) >= 11 is 0. The predicted molar refractivity (Wildman–Crippen MR) is 99.5 cm³/mol. The first-order chi connectivity index (χ1) is 12.4. The van der Waals surface area contributed by atoms with Crippen LogP contribution in [0.2, 0.25) is 0 Å². The Balaban J connectivity index is 1.70. The molecule has 1 aromatic rings. The molecule has 0 aromatic heterocycles. The Bertz CT molecular complexity index is 773. The van der Waals surface area contributed by atoms with Gasteiger partial charge in [-0.05, 0) is 37.0 Å². The van der Waals surface area contributed by atoms with E-state index in [2.05, 4.69) is 0 Å². The number of benzene rings is 1. The van der Waals surface area contributed by atoms with Crippen molar-refractivity contribution < 1.29 is 18.0 Å². The first kappa shape index (κ1) is 18.9. The summed E-state index contributed by atoms with van der Waals surface area (Å²) in [4.78, 5) is 28.2. The van der Waals surface area contributed by atoms with Gasteiger partial charge in [0.05, 0.1) is 11.5 Å². The Morgan fingerprint density at radius 3 is 2.54 bits per heavy atom. The summed E-state index contributed by atoms with van der Waals surface area (Å²) in [5.74, 6) is 0.293. The van der Waals surface area contributed by atoms with Crippen molar-refractivity contribution in [3.8, 4) is 0 Å². The van der Waals surface area contributed by atoms with Crippen LogP contribution in [-0.4, -0.2) is 60.7 Å². The second-order valence-corrected chi connectivity index (χ2v) is 9.40. The second kappa shape index (κ2) is 7.78. The zero-order valence-electron chi connectivity index (χ0n) is 15.2. The molecule has 0 bridgehead atoms. The smallest absolute Gasteiger partial charge is 0.254 e. The van der Waals surface area contributed by atoms with E-state index < -0.39 is 9.84 Å². The SMILES string of the molecule is CCCN(C(=O)c1ccc(CN2CCCC2=O)cc1)C1CCS(=O)(=O)C1. The van der Waals surface area contributed by atoms with E-state index in [4.69, 9.17) is 0 Å². The molecule has 2 heterocycles. The Kier molecular flexibility index (Phi) is 5.65. The van der Waals surface area contributed by atoms with Crippen molar-refractivity contribution in [1.82, 2.24) is 9.80 Å². The summed E-state index contributed by atoms with van der Waals surface area (Å²) in [7, 11) is -3.03. The van der Waals surface area contributed by atoms with E-state index in [0.29, 0.717) is 31.5 Å². The minimum absolute atomic E-state index is 0.0634. The number of nitrogens with zero attached hydrogens (tertiary/aromatic N) is 2. The molecule has 0 radical (unpaired) electrons. The lowest BCUT2D eigenvalue weighted by molar-refractivity contribution is -0.128. The highest BCUT2D eigenvalue weighted by Gasteiger charge is 2.34. The summed E-state index contributed by atoms with van der Waals surface area (Å²) in [5, 5.41) is 0. The van der Waals surface area contributed by atoms with Crippen LogP contribution >= 0.6 is 0 Å². The van der Waals surface area contributed by atoms with Gasteiger partial charge in [-0.25, -0.2) is 8.42 Å². The Morgan fingerprint density at radius 2 is 2.00 bits per heavy atom. The van der Waals surface area contributed by atoms with Crippen molar-refractivity contribution in [1.29, 1.82) is 0 Å². The van der Waals surface area contributed by atoms with Gasteiger partial charge in [0.1, 0.15) is 0 Å². The van der Waals surface area contributed by atoms with Gasteiger partial charge >= 0.3 is 0 Å². The van der Waals surface area contributed by atoms with Crippen LogP contribution in [0.4, 0.5) is 0 Å². The molecule has 0 saturated carbocycles. The normalized spacial score (nSPS) is 22.0. The zero-order valence-corrected chi connectivity index (χ0v) is 16.0. The van der Waals surface area contributed by atoms with Crippen LogP contribution in [0, 0.1) is 0 Å². The number of likely N-dealkylation sites (tertiary alicyclic amines) is 1. The highest BCUT2D eigenvalue weighted by Crippen LogP contribution is 2.21. The van der Waals surface area contributed by atoms with E-state index >= 15 is 0 Å². The standard InChI is InChI=1S/C19H26N2O4S/c1-2-10-21(17-9-12-26(24,25)14-17)19(23)16-7-5-15(6-8-16)13-20-11-3-4-18(20)22/h5-8,17H,2-4,9-14H2,1H3. The van der Waals surface area contributed by atoms with Crippen molar-refractivity contribution in [2.24, 2.45) is 0 Å². The zero-order chi connectivity index (χ0) is 18.7. The van der Waals surface area contributed by atoms with Gasteiger partial charge in [-0.15, -0.1) is 0 Å². The highest BCUT2D eigenvalue weighted by molar-refractivity contribution is 7.91. The largest absolute Gasteiger partial charge is 0.338 e. The molecule has 2 aliphatic heterocycles. The van der Waals surface area contributed by atoms with Gasteiger partial charge in [0.15, 0.2) is 9.84 Å². The average Bonchev–Trinajstić information content (AvgIpc) is 3.18. The number of sulfone groups is 1. The molecule has 6 nitrogen and oxygen atoms in total. The Morgan fingerprint density at radius 1 is 1.27 bits per heavy atom. The maximum absolute atomic E-state index is 12.9. The lowest BCUT2D eigenvalue weighted by Crippen LogP contribution is -2.41. The van der Waals surface area contributed by atoms with Gasteiger partial charge in [0.25, 0.3) is 5.91 Å². The minimum Gasteiger partial charge on any atom is -0.338 e. The topological polar surface area (TPSA) is 74.8 Å². The van der Waals surface area contributed by atoms with Crippen molar-refractivity contribution in [3.63, 3.8) is 0 Å². The molecule has 2 aliphatic rings. The van der Waals surface area contributed by atoms with E-state index in [1.807, 2.05) is 24.0 Å². The molecular formula is C19H26N2O4S. The van der Waals surface area contributed by atoms with Gasteiger partial charge in [0.2, 0.25) is 5.91 Å². The molecule has 0 N–H and O–H groups in total. The third-order valence-corrected chi connectivity index (χ3v) is 6.87. The quantitative estimate of drug-likeness (QED) is 0.757. The van der Waals surface area contributed by atoms with Crippen LogP contribution < -0.4 is 0 Å². The van der Waals surface area contributed by atoms with E-state index in [0.717, 1.165) is 24.9 Å². The highest BCUT2D eigenvalue weighted by atomic mass is 32.2. The van der Waals surface area contributed by atoms with Crippen molar-refractivity contribution in [2.75, 3.05) is 24.6 Å². The summed E-state index contributed by atoms with van der Waals surface area (Å²) in [5.41, 5.74) is 1.57. The van der Waals surface area contributed by atoms with Crippen molar-refractivity contribution in [3.05, 3.63) is 35.4 Å². The maximum atomic E-state index is 12.9. The lowest BCUT2D eigenvalue weighted by Gasteiger charge is -2.28. The van der Waals surface area contributed by atoms with Gasteiger partial charge in [-0.2, -0.15) is 0 Å². The van der Waals surface area contributed by atoms with Crippen LogP contribution in [0.25, 0.3) is 0 Å². The van der Waals surface area contributed by atoms with Gasteiger partial charge in [0, 0.05) is 37.7 Å². The molecule has 1 unspecified atom stereocenters. The molecule has 142 valence electrons. The monoisotopic (exact) mass is 378 g/mol. The molecule has 7 heteroatoms. The predicted octanol–water partition coefficient (Wildman–Crippen LogP) is 1.85. The number of hydrogen-bond donors (Lipinski definition) is 0. The second-order valence-electron chi connectivity index (χ2n) is 7.17. The van der Waals surface area contributed by atoms with E-state index in [1.54, 1.807) is 17.0 Å². The minimum atomic E-state index is -3.03. The first-order valence-electron chi connectivity index (χ1n) is 9.28. The summed E-state index contributed by atoms with van der Waals surface area (Å²) in [6.45, 7) is 3.91. The van der Waals surface area contributed by atoms with Gasteiger partial charge in [-0.1, -0.05) is 19.1 Å². The van der Waals surface area contributed by atoms with Crippen LogP contribution in [0.1, 0.15) is 48.5 Å². The van der Waals surface area contributed by atoms with Crippen LogP contribution in [0.15, 0.2) is 24.3 Å². The molecule has 1 aromatic carbocycles. The third kappa shape index (κ3) is 4.26. The summed E-state index contributed by atoms with van der Waals surface area (Å²) in [6.07, 6.45) is 2.83. The molecule has 2 amide bonds. The average molecular weight is 378 g/mol. The fraction of sp³-hybridized carbons (Fsp3) is 0.579. The molecule has 1 atom stereocenters. The van der Waals surface area contributed by atoms with Crippen LogP contribution in [0.5, 0.6) is 0 Å². The van der Waals surface area contributed by atoms with E-state index in [-0.39, 0.29) is 29.4 Å². The Labute approximate surface area is 155 Å². The molecule has 2 fully saturated rings. The molecule has 0 aliphatic carbocycles. The Hall–Kier alpha value is -1.89. The summed E-state index contributed by atoms with van der Waals surface area (Å²) < 4.78 is 23.5. The molecular weight excluding hydrogens is 352 g/mol. The number of hydrogen-bond acceptors (Lipinski definition) is 4. The van der Waals surface area contributed by atoms with Crippen LogP contribution in [0.3, 0.4) is 0 Å². The third-order valence-electron chi connectivity index (χ3n) is 5.12. The fourth-order valence-corrected chi connectivity index (χ4v) is 5.45. The van der Waals surface area contributed by atoms with Crippen LogP contribution in [-0.2, 0) is 21.2 Å². The van der Waals surface area contributed by atoms with Gasteiger partial charge < -0.3 is 9.80 Å². The molecule has 0 spiro atoms. The molecule has 3 rings (SSSR count). The number of carbonyl (C=O) groups is 2. The van der Waals surface area contributed by atoms with Crippen molar-refractivity contribution >= 4 is 21.7 Å².